The van der Waals surface area contributed by atoms with E-state index in [1.807, 2.05) is 18.4 Å². The van der Waals surface area contributed by atoms with Crippen LogP contribution in [0.1, 0.15) is 31.0 Å². The van der Waals surface area contributed by atoms with Crippen molar-refractivity contribution >= 4 is 42.3 Å². The van der Waals surface area contributed by atoms with Crippen molar-refractivity contribution in [1.29, 1.82) is 0 Å². The lowest BCUT2D eigenvalue weighted by atomic mass is 10.0. The molecule has 1 aliphatic carbocycles. The highest BCUT2D eigenvalue weighted by Crippen LogP contribution is 2.27. The molecule has 0 unspecified atom stereocenters. The summed E-state index contributed by atoms with van der Waals surface area (Å²) in [6, 6.07) is -0.871. The lowest BCUT2D eigenvalue weighted by Crippen LogP contribution is -2.44. The maximum absolute atomic E-state index is 12.2. The number of nitrogens with zero attached hydrogens (tertiary/aromatic N) is 1. The maximum Gasteiger partial charge on any atom is 0.326 e. The molecule has 0 saturated heterocycles. The van der Waals surface area contributed by atoms with E-state index in [4.69, 9.17) is 5.11 Å². The SMILES string of the molecule is Cc1nc(C2=CCC(C(=O)N[C@H](C(=O)O)C(C)C)=C2)cs1.S. The number of aromatic nitrogens is 1. The third-order valence-electron chi connectivity index (χ3n) is 3.30. The molecule has 1 aliphatic rings. The molecule has 2 N–H and O–H groups in total. The van der Waals surface area contributed by atoms with Gasteiger partial charge in [0.15, 0.2) is 0 Å². The fraction of sp³-hybridized carbons (Fsp3) is 0.400. The van der Waals surface area contributed by atoms with Crippen molar-refractivity contribution < 1.29 is 14.7 Å². The van der Waals surface area contributed by atoms with E-state index in [0.29, 0.717) is 12.0 Å². The Kier molecular flexibility index (Phi) is 6.37. The molecule has 2 rings (SSSR count). The van der Waals surface area contributed by atoms with Crippen LogP contribution in [0.25, 0.3) is 5.57 Å². The Morgan fingerprint density at radius 2 is 2.09 bits per heavy atom. The molecule has 5 nitrogen and oxygen atoms in total. The summed E-state index contributed by atoms with van der Waals surface area (Å²) in [5.74, 6) is -1.50. The highest BCUT2D eigenvalue weighted by atomic mass is 32.1. The summed E-state index contributed by atoms with van der Waals surface area (Å²) in [6.07, 6.45) is 4.22. The monoisotopic (exact) mass is 340 g/mol. The quantitative estimate of drug-likeness (QED) is 0.863. The Labute approximate surface area is 140 Å². The first-order chi connectivity index (χ1) is 9.88. The van der Waals surface area contributed by atoms with Crippen LogP contribution in [0.15, 0.2) is 23.1 Å². The minimum absolute atomic E-state index is 0. The van der Waals surface area contributed by atoms with Gasteiger partial charge in [-0.25, -0.2) is 9.78 Å². The van der Waals surface area contributed by atoms with Gasteiger partial charge in [0.05, 0.1) is 10.7 Å². The van der Waals surface area contributed by atoms with Gasteiger partial charge in [0.2, 0.25) is 5.91 Å². The van der Waals surface area contributed by atoms with E-state index in [-0.39, 0.29) is 25.3 Å². The van der Waals surface area contributed by atoms with E-state index in [9.17, 15) is 9.59 Å². The minimum atomic E-state index is -1.01. The maximum atomic E-state index is 12.2. The topological polar surface area (TPSA) is 79.3 Å². The molecular formula is C15H20N2O3S2. The fourth-order valence-electron chi connectivity index (χ4n) is 2.11. The number of carbonyl (C=O) groups is 2. The standard InChI is InChI=1S/C15H18N2O3S.H2S/c1-8(2)13(15(19)20)17-14(18)11-5-4-10(6-11)12-7-21-9(3)16-12;/h4,6-8,13H,5H2,1-3H3,(H,17,18)(H,19,20);1H2/t13-;/m0./s1. The molecule has 1 atom stereocenters. The van der Waals surface area contributed by atoms with E-state index in [2.05, 4.69) is 10.3 Å². The van der Waals surface area contributed by atoms with Gasteiger partial charge < -0.3 is 10.4 Å². The van der Waals surface area contributed by atoms with Crippen LogP contribution in [0.5, 0.6) is 0 Å². The number of allylic oxidation sites excluding steroid dienone is 3. The molecule has 1 amide bonds. The zero-order chi connectivity index (χ0) is 15.6. The molecule has 0 aromatic carbocycles. The number of aryl methyl sites for hydroxylation is 1. The number of rotatable bonds is 5. The van der Waals surface area contributed by atoms with E-state index in [1.165, 1.54) is 0 Å². The van der Waals surface area contributed by atoms with Gasteiger partial charge in [-0.15, -0.1) is 11.3 Å². The average Bonchev–Trinajstić information content (AvgIpc) is 3.03. The van der Waals surface area contributed by atoms with Gasteiger partial charge in [-0.05, 0) is 30.9 Å². The van der Waals surface area contributed by atoms with Gasteiger partial charge in [0.1, 0.15) is 6.04 Å². The van der Waals surface area contributed by atoms with Gasteiger partial charge >= 0.3 is 5.97 Å². The van der Waals surface area contributed by atoms with E-state index < -0.39 is 12.0 Å². The third kappa shape index (κ3) is 4.20. The normalized spacial score (nSPS) is 14.9. The Bertz CT molecular complexity index is 632. The number of nitrogens with one attached hydrogen (secondary N) is 1. The molecule has 22 heavy (non-hydrogen) atoms. The predicted octanol–water partition coefficient (Wildman–Crippen LogP) is 2.50. The van der Waals surface area contributed by atoms with Crippen molar-refractivity contribution in [3.63, 3.8) is 0 Å². The Morgan fingerprint density at radius 1 is 1.41 bits per heavy atom. The number of carboxylic acid groups (broad SMARTS) is 1. The van der Waals surface area contributed by atoms with Gasteiger partial charge in [0.25, 0.3) is 0 Å². The Morgan fingerprint density at radius 3 is 2.59 bits per heavy atom. The zero-order valence-electron chi connectivity index (χ0n) is 12.7. The largest absolute Gasteiger partial charge is 0.480 e. The summed E-state index contributed by atoms with van der Waals surface area (Å²) in [4.78, 5) is 27.7. The van der Waals surface area contributed by atoms with Crippen LogP contribution in [-0.4, -0.2) is 28.0 Å². The summed E-state index contributed by atoms with van der Waals surface area (Å²) in [5.41, 5.74) is 2.35. The number of carbonyl (C=O) groups excluding carboxylic acids is 1. The lowest BCUT2D eigenvalue weighted by molar-refractivity contribution is -0.142. The summed E-state index contributed by atoms with van der Waals surface area (Å²) in [6.45, 7) is 5.47. The van der Waals surface area contributed by atoms with Crippen LogP contribution >= 0.6 is 24.8 Å². The minimum Gasteiger partial charge on any atom is -0.480 e. The molecule has 1 aromatic heterocycles. The second-order valence-corrected chi connectivity index (χ2v) is 6.38. The van der Waals surface area contributed by atoms with E-state index in [0.717, 1.165) is 16.3 Å². The molecule has 7 heteroatoms. The Hall–Kier alpha value is -1.60. The van der Waals surface area contributed by atoms with Crippen LogP contribution < -0.4 is 5.32 Å². The first-order valence-electron chi connectivity index (χ1n) is 6.75. The van der Waals surface area contributed by atoms with E-state index in [1.54, 1.807) is 31.3 Å². The fourth-order valence-corrected chi connectivity index (χ4v) is 2.73. The molecule has 120 valence electrons. The number of hydrogen-bond donors (Lipinski definition) is 2. The smallest absolute Gasteiger partial charge is 0.326 e. The number of thiazole rings is 1. The number of aliphatic carboxylic acids is 1. The summed E-state index contributed by atoms with van der Waals surface area (Å²) >= 11 is 1.56. The average molecular weight is 340 g/mol. The second-order valence-electron chi connectivity index (χ2n) is 5.32. The van der Waals surface area contributed by atoms with Crippen molar-refractivity contribution in [3.8, 4) is 0 Å². The number of hydrogen-bond acceptors (Lipinski definition) is 4. The molecule has 1 aromatic rings. The van der Waals surface area contributed by atoms with Crippen molar-refractivity contribution in [1.82, 2.24) is 10.3 Å². The molecule has 0 saturated carbocycles. The first-order valence-corrected chi connectivity index (χ1v) is 7.63. The van der Waals surface area contributed by atoms with Crippen LogP contribution in [0.2, 0.25) is 0 Å². The molecule has 0 fully saturated rings. The van der Waals surface area contributed by atoms with Crippen molar-refractivity contribution in [2.75, 3.05) is 0 Å². The van der Waals surface area contributed by atoms with Crippen molar-refractivity contribution in [2.45, 2.75) is 33.2 Å². The van der Waals surface area contributed by atoms with Crippen LogP contribution in [0.3, 0.4) is 0 Å². The molecule has 1 heterocycles. The van der Waals surface area contributed by atoms with Gasteiger partial charge in [-0.3, -0.25) is 4.79 Å². The summed E-state index contributed by atoms with van der Waals surface area (Å²) in [5, 5.41) is 14.6. The van der Waals surface area contributed by atoms with Gasteiger partial charge in [-0.1, -0.05) is 19.9 Å². The van der Waals surface area contributed by atoms with Gasteiger partial charge in [-0.2, -0.15) is 13.5 Å². The molecule has 0 aliphatic heterocycles. The molecular weight excluding hydrogens is 320 g/mol. The van der Waals surface area contributed by atoms with Crippen LogP contribution in [-0.2, 0) is 9.59 Å². The summed E-state index contributed by atoms with van der Waals surface area (Å²) in [7, 11) is 0. The third-order valence-corrected chi connectivity index (χ3v) is 4.07. The summed E-state index contributed by atoms with van der Waals surface area (Å²) < 4.78 is 0. The first kappa shape index (κ1) is 18.4. The molecule has 0 spiro atoms. The van der Waals surface area contributed by atoms with Crippen LogP contribution in [0.4, 0.5) is 0 Å². The van der Waals surface area contributed by atoms with Crippen molar-refractivity contribution in [3.05, 3.63) is 33.8 Å². The van der Waals surface area contributed by atoms with Gasteiger partial charge in [0, 0.05) is 11.0 Å². The second kappa shape index (κ2) is 7.60. The molecule has 0 bridgehead atoms. The lowest BCUT2D eigenvalue weighted by Gasteiger charge is -2.18. The Balaban J connectivity index is 0.00000242. The molecule has 0 radical (unpaired) electrons. The predicted molar refractivity (Wildman–Crippen MR) is 92.3 cm³/mol. The van der Waals surface area contributed by atoms with Crippen molar-refractivity contribution in [2.24, 2.45) is 5.92 Å². The van der Waals surface area contributed by atoms with Crippen LogP contribution in [0, 0.1) is 12.8 Å². The van der Waals surface area contributed by atoms with E-state index >= 15 is 0 Å². The number of amides is 1. The number of carboxylic acids is 1. The zero-order valence-corrected chi connectivity index (χ0v) is 14.5. The highest BCUT2D eigenvalue weighted by molar-refractivity contribution is 7.59. The highest BCUT2D eigenvalue weighted by Gasteiger charge is 2.25.